The first-order valence-electron chi connectivity index (χ1n) is 5.08. The molecule has 1 fully saturated rings. The summed E-state index contributed by atoms with van der Waals surface area (Å²) in [6.07, 6.45) is -2.42. The molecule has 1 aliphatic carbocycles. The van der Waals surface area contributed by atoms with Gasteiger partial charge in [0.2, 0.25) is 0 Å². The second kappa shape index (κ2) is 3.26. The van der Waals surface area contributed by atoms with Gasteiger partial charge in [-0.25, -0.2) is 0 Å². The Hall–Kier alpha value is -0.990. The van der Waals surface area contributed by atoms with Gasteiger partial charge in [0.05, 0.1) is 5.56 Å². The number of aryl methyl sites for hydroxylation is 2. The first-order valence-corrected chi connectivity index (χ1v) is 5.08. The maximum Gasteiger partial charge on any atom is 0.416 e. The van der Waals surface area contributed by atoms with Crippen molar-refractivity contribution in [3.05, 3.63) is 34.4 Å². The van der Waals surface area contributed by atoms with Crippen LogP contribution >= 0.6 is 0 Å². The summed E-state index contributed by atoms with van der Waals surface area (Å²) in [6, 6.07) is 2.98. The largest absolute Gasteiger partial charge is 0.416 e. The molecule has 15 heavy (non-hydrogen) atoms. The second-order valence-corrected chi connectivity index (χ2v) is 4.30. The van der Waals surface area contributed by atoms with E-state index in [0.29, 0.717) is 11.1 Å². The molecule has 0 amide bonds. The summed E-state index contributed by atoms with van der Waals surface area (Å²) in [7, 11) is 0. The molecular weight excluding hydrogens is 201 g/mol. The molecule has 0 atom stereocenters. The van der Waals surface area contributed by atoms with Crippen LogP contribution in [0.3, 0.4) is 0 Å². The van der Waals surface area contributed by atoms with E-state index in [0.717, 1.165) is 18.4 Å². The number of rotatable bonds is 1. The van der Waals surface area contributed by atoms with Crippen LogP contribution in [-0.2, 0) is 6.18 Å². The fourth-order valence-electron chi connectivity index (χ4n) is 1.82. The van der Waals surface area contributed by atoms with E-state index in [4.69, 9.17) is 0 Å². The van der Waals surface area contributed by atoms with Gasteiger partial charge in [-0.2, -0.15) is 13.2 Å². The number of hydrogen-bond acceptors (Lipinski definition) is 0. The van der Waals surface area contributed by atoms with Crippen LogP contribution in [-0.4, -0.2) is 0 Å². The van der Waals surface area contributed by atoms with Gasteiger partial charge in [0, 0.05) is 0 Å². The highest BCUT2D eigenvalue weighted by Crippen LogP contribution is 2.46. The zero-order chi connectivity index (χ0) is 11.2. The van der Waals surface area contributed by atoms with Crippen molar-refractivity contribution in [3.63, 3.8) is 0 Å². The molecule has 0 spiro atoms. The normalized spacial score (nSPS) is 16.9. The average Bonchev–Trinajstić information content (AvgIpc) is 2.89. The highest BCUT2D eigenvalue weighted by molar-refractivity contribution is 5.42. The minimum absolute atomic E-state index is 0.140. The molecule has 0 bridgehead atoms. The van der Waals surface area contributed by atoms with Crippen molar-refractivity contribution in [3.8, 4) is 0 Å². The van der Waals surface area contributed by atoms with E-state index in [1.54, 1.807) is 13.0 Å². The zero-order valence-electron chi connectivity index (χ0n) is 8.78. The summed E-state index contributed by atoms with van der Waals surface area (Å²) in [5, 5.41) is 0. The number of benzene rings is 1. The Bertz CT molecular complexity index is 387. The lowest BCUT2D eigenvalue weighted by Gasteiger charge is -2.14. The minimum Gasteiger partial charge on any atom is -0.166 e. The lowest BCUT2D eigenvalue weighted by Crippen LogP contribution is -2.09. The van der Waals surface area contributed by atoms with Crippen molar-refractivity contribution in [1.29, 1.82) is 0 Å². The van der Waals surface area contributed by atoms with Crippen LogP contribution in [0.2, 0.25) is 0 Å². The molecule has 0 saturated heterocycles. The number of halogens is 3. The SMILES string of the molecule is Cc1cc(C2CC2)c(C(F)(F)F)cc1C. The van der Waals surface area contributed by atoms with E-state index in [1.807, 2.05) is 6.92 Å². The van der Waals surface area contributed by atoms with E-state index >= 15 is 0 Å². The molecule has 2 rings (SSSR count). The third kappa shape index (κ3) is 2.01. The van der Waals surface area contributed by atoms with Gasteiger partial charge in [-0.3, -0.25) is 0 Å². The Labute approximate surface area is 87.1 Å². The summed E-state index contributed by atoms with van der Waals surface area (Å²) in [4.78, 5) is 0. The molecule has 0 unspecified atom stereocenters. The summed E-state index contributed by atoms with van der Waals surface area (Å²) in [5.41, 5.74) is 1.72. The molecule has 3 heteroatoms. The Kier molecular flexibility index (Phi) is 2.28. The van der Waals surface area contributed by atoms with E-state index in [1.165, 1.54) is 6.07 Å². The maximum atomic E-state index is 12.7. The summed E-state index contributed by atoms with van der Waals surface area (Å²) in [5.74, 6) is 0.140. The van der Waals surface area contributed by atoms with Crippen molar-refractivity contribution in [2.75, 3.05) is 0 Å². The van der Waals surface area contributed by atoms with Gasteiger partial charge < -0.3 is 0 Å². The molecule has 0 aromatic heterocycles. The fourth-order valence-corrected chi connectivity index (χ4v) is 1.82. The quantitative estimate of drug-likeness (QED) is 0.657. The van der Waals surface area contributed by atoms with Crippen LogP contribution in [0.15, 0.2) is 12.1 Å². The van der Waals surface area contributed by atoms with E-state index in [2.05, 4.69) is 0 Å². The second-order valence-electron chi connectivity index (χ2n) is 4.30. The molecular formula is C12H13F3. The van der Waals surface area contributed by atoms with Crippen molar-refractivity contribution < 1.29 is 13.2 Å². The van der Waals surface area contributed by atoms with Crippen molar-refractivity contribution in [2.24, 2.45) is 0 Å². The smallest absolute Gasteiger partial charge is 0.166 e. The highest BCUT2D eigenvalue weighted by atomic mass is 19.4. The minimum atomic E-state index is -4.21. The van der Waals surface area contributed by atoms with Gasteiger partial charge >= 0.3 is 6.18 Å². The molecule has 0 N–H and O–H groups in total. The van der Waals surface area contributed by atoms with Crippen molar-refractivity contribution in [2.45, 2.75) is 38.8 Å². The van der Waals surface area contributed by atoms with Crippen LogP contribution in [0.1, 0.15) is 41.0 Å². The van der Waals surface area contributed by atoms with Gasteiger partial charge in [-0.05, 0) is 55.4 Å². The van der Waals surface area contributed by atoms with E-state index in [9.17, 15) is 13.2 Å². The molecule has 1 aliphatic rings. The van der Waals surface area contributed by atoms with Crippen LogP contribution in [0.4, 0.5) is 13.2 Å². The summed E-state index contributed by atoms with van der Waals surface area (Å²) in [6.45, 7) is 3.59. The molecule has 0 aliphatic heterocycles. The molecule has 1 aromatic rings. The van der Waals surface area contributed by atoms with Gasteiger partial charge in [-0.1, -0.05) is 6.07 Å². The Balaban J connectivity index is 2.55. The van der Waals surface area contributed by atoms with Crippen LogP contribution in [0.5, 0.6) is 0 Å². The number of hydrogen-bond donors (Lipinski definition) is 0. The molecule has 0 radical (unpaired) electrons. The summed E-state index contributed by atoms with van der Waals surface area (Å²) >= 11 is 0. The fraction of sp³-hybridized carbons (Fsp3) is 0.500. The molecule has 82 valence electrons. The van der Waals surface area contributed by atoms with E-state index in [-0.39, 0.29) is 5.92 Å². The Morgan fingerprint density at radius 1 is 1.07 bits per heavy atom. The van der Waals surface area contributed by atoms with Crippen LogP contribution < -0.4 is 0 Å². The molecule has 0 heterocycles. The van der Waals surface area contributed by atoms with E-state index < -0.39 is 11.7 Å². The number of alkyl halides is 3. The third-order valence-corrected chi connectivity index (χ3v) is 2.99. The Morgan fingerprint density at radius 2 is 1.60 bits per heavy atom. The predicted molar refractivity (Wildman–Crippen MR) is 52.9 cm³/mol. The van der Waals surface area contributed by atoms with Gasteiger partial charge in [0.15, 0.2) is 0 Å². The third-order valence-electron chi connectivity index (χ3n) is 2.99. The van der Waals surface area contributed by atoms with Crippen molar-refractivity contribution in [1.82, 2.24) is 0 Å². The highest BCUT2D eigenvalue weighted by Gasteiger charge is 2.38. The van der Waals surface area contributed by atoms with Crippen molar-refractivity contribution >= 4 is 0 Å². The zero-order valence-corrected chi connectivity index (χ0v) is 8.78. The van der Waals surface area contributed by atoms with Crippen LogP contribution in [0, 0.1) is 13.8 Å². The standard InChI is InChI=1S/C12H13F3/c1-7-5-10(9-3-4-9)11(6-8(7)2)12(13,14)15/h5-6,9H,3-4H2,1-2H3. The first-order chi connectivity index (χ1) is 6.89. The van der Waals surface area contributed by atoms with Gasteiger partial charge in [0.25, 0.3) is 0 Å². The predicted octanol–water partition coefficient (Wildman–Crippen LogP) is 4.20. The first kappa shape index (κ1) is 10.5. The summed E-state index contributed by atoms with van der Waals surface area (Å²) < 4.78 is 38.2. The average molecular weight is 214 g/mol. The topological polar surface area (TPSA) is 0 Å². The van der Waals surface area contributed by atoms with Gasteiger partial charge in [0.1, 0.15) is 0 Å². The van der Waals surface area contributed by atoms with Gasteiger partial charge in [-0.15, -0.1) is 0 Å². The lowest BCUT2D eigenvalue weighted by atomic mass is 9.96. The molecule has 0 nitrogen and oxygen atoms in total. The van der Waals surface area contributed by atoms with Crippen LogP contribution in [0.25, 0.3) is 0 Å². The lowest BCUT2D eigenvalue weighted by molar-refractivity contribution is -0.138. The molecule has 1 saturated carbocycles. The monoisotopic (exact) mass is 214 g/mol. The molecule has 1 aromatic carbocycles. The Morgan fingerprint density at radius 3 is 2.07 bits per heavy atom. The maximum absolute atomic E-state index is 12.7.